The standard InChI is InChI=1S/C15H12N2O2/c1-10(18)19-12-8-6-11(7-9-12)15-16-13-4-2-3-5-14(13)17-15/h2-9H,1H3,(H,16,17). The lowest BCUT2D eigenvalue weighted by Crippen LogP contribution is -2.00. The van der Waals surface area contributed by atoms with E-state index in [1.54, 1.807) is 12.1 Å². The fraction of sp³-hybridized carbons (Fsp3) is 0.0667. The van der Waals surface area contributed by atoms with Gasteiger partial charge in [-0.15, -0.1) is 0 Å². The van der Waals surface area contributed by atoms with Gasteiger partial charge >= 0.3 is 5.97 Å². The number of carbonyl (C=O) groups excluding carboxylic acids is 1. The number of nitrogens with zero attached hydrogens (tertiary/aromatic N) is 1. The van der Waals surface area contributed by atoms with Crippen molar-refractivity contribution in [2.24, 2.45) is 0 Å². The Morgan fingerprint density at radius 1 is 1.11 bits per heavy atom. The Balaban J connectivity index is 1.95. The van der Waals surface area contributed by atoms with Gasteiger partial charge in [0.25, 0.3) is 0 Å². The zero-order chi connectivity index (χ0) is 13.2. The van der Waals surface area contributed by atoms with E-state index in [2.05, 4.69) is 9.97 Å². The smallest absolute Gasteiger partial charge is 0.308 e. The molecule has 2 aromatic carbocycles. The zero-order valence-corrected chi connectivity index (χ0v) is 10.4. The lowest BCUT2D eigenvalue weighted by molar-refractivity contribution is -0.131. The molecule has 19 heavy (non-hydrogen) atoms. The molecule has 1 N–H and O–H groups in total. The minimum Gasteiger partial charge on any atom is -0.427 e. The molecule has 0 fully saturated rings. The minimum atomic E-state index is -0.323. The number of fused-ring (bicyclic) bond motifs is 1. The van der Waals surface area contributed by atoms with Crippen LogP contribution in [0, 0.1) is 0 Å². The highest BCUT2D eigenvalue weighted by Gasteiger charge is 2.05. The Hall–Kier alpha value is -2.62. The summed E-state index contributed by atoms with van der Waals surface area (Å²) in [4.78, 5) is 18.6. The second-order valence-corrected chi connectivity index (χ2v) is 4.22. The van der Waals surface area contributed by atoms with Gasteiger partial charge in [0.1, 0.15) is 11.6 Å². The summed E-state index contributed by atoms with van der Waals surface area (Å²) >= 11 is 0. The van der Waals surface area contributed by atoms with Crippen molar-refractivity contribution >= 4 is 17.0 Å². The van der Waals surface area contributed by atoms with Crippen LogP contribution in [0.4, 0.5) is 0 Å². The van der Waals surface area contributed by atoms with Gasteiger partial charge in [0.2, 0.25) is 0 Å². The molecule has 0 aliphatic heterocycles. The molecule has 3 aromatic rings. The molecule has 0 spiro atoms. The summed E-state index contributed by atoms with van der Waals surface area (Å²) in [6, 6.07) is 15.1. The quantitative estimate of drug-likeness (QED) is 0.563. The molecule has 94 valence electrons. The average Bonchev–Trinajstić information content (AvgIpc) is 2.82. The van der Waals surface area contributed by atoms with Crippen molar-refractivity contribution in [3.8, 4) is 17.1 Å². The number of aromatic nitrogens is 2. The predicted octanol–water partition coefficient (Wildman–Crippen LogP) is 3.16. The van der Waals surface area contributed by atoms with Gasteiger partial charge in [-0.1, -0.05) is 12.1 Å². The van der Waals surface area contributed by atoms with Crippen molar-refractivity contribution in [2.45, 2.75) is 6.92 Å². The Kier molecular flexibility index (Phi) is 2.76. The fourth-order valence-corrected chi connectivity index (χ4v) is 1.94. The summed E-state index contributed by atoms with van der Waals surface area (Å²) in [6.07, 6.45) is 0. The van der Waals surface area contributed by atoms with Crippen LogP contribution >= 0.6 is 0 Å². The minimum absolute atomic E-state index is 0.323. The number of imidazole rings is 1. The van der Waals surface area contributed by atoms with Gasteiger partial charge in [0, 0.05) is 12.5 Å². The summed E-state index contributed by atoms with van der Waals surface area (Å²) < 4.78 is 4.99. The van der Waals surface area contributed by atoms with E-state index in [1.165, 1.54) is 6.92 Å². The lowest BCUT2D eigenvalue weighted by Gasteiger charge is -2.01. The zero-order valence-electron chi connectivity index (χ0n) is 10.4. The number of nitrogens with one attached hydrogen (secondary N) is 1. The Morgan fingerprint density at radius 2 is 1.84 bits per heavy atom. The Labute approximate surface area is 110 Å². The molecule has 0 radical (unpaired) electrons. The third-order valence-electron chi connectivity index (χ3n) is 2.78. The molecular weight excluding hydrogens is 240 g/mol. The van der Waals surface area contributed by atoms with Crippen LogP contribution < -0.4 is 4.74 Å². The second-order valence-electron chi connectivity index (χ2n) is 4.22. The van der Waals surface area contributed by atoms with Crippen LogP contribution in [0.3, 0.4) is 0 Å². The molecule has 3 rings (SSSR count). The number of esters is 1. The van der Waals surface area contributed by atoms with E-state index in [0.717, 1.165) is 22.4 Å². The summed E-state index contributed by atoms with van der Waals surface area (Å²) in [7, 11) is 0. The Morgan fingerprint density at radius 3 is 2.53 bits per heavy atom. The molecule has 0 unspecified atom stereocenters. The van der Waals surface area contributed by atoms with Gasteiger partial charge in [-0.05, 0) is 36.4 Å². The van der Waals surface area contributed by atoms with Gasteiger partial charge in [-0.2, -0.15) is 0 Å². The van der Waals surface area contributed by atoms with Crippen LogP contribution in [0.15, 0.2) is 48.5 Å². The summed E-state index contributed by atoms with van der Waals surface area (Å²) in [5.74, 6) is 1.01. The molecular formula is C15H12N2O2. The highest BCUT2D eigenvalue weighted by Crippen LogP contribution is 2.22. The predicted molar refractivity (Wildman–Crippen MR) is 72.8 cm³/mol. The molecule has 1 heterocycles. The molecule has 0 bridgehead atoms. The van der Waals surface area contributed by atoms with Gasteiger partial charge in [0.15, 0.2) is 0 Å². The van der Waals surface area contributed by atoms with Gasteiger partial charge in [0.05, 0.1) is 11.0 Å². The maximum absolute atomic E-state index is 10.8. The van der Waals surface area contributed by atoms with Crippen molar-refractivity contribution in [1.29, 1.82) is 0 Å². The number of H-pyrrole nitrogens is 1. The summed E-state index contributed by atoms with van der Waals surface area (Å²) in [5.41, 5.74) is 2.88. The number of hydrogen-bond donors (Lipinski definition) is 1. The van der Waals surface area contributed by atoms with Gasteiger partial charge in [-0.3, -0.25) is 4.79 Å². The second kappa shape index (κ2) is 4.57. The first-order chi connectivity index (χ1) is 9.22. The fourth-order valence-electron chi connectivity index (χ4n) is 1.94. The van der Waals surface area contributed by atoms with E-state index >= 15 is 0 Å². The molecule has 4 nitrogen and oxygen atoms in total. The number of para-hydroxylation sites is 2. The first kappa shape index (κ1) is 11.5. The normalized spacial score (nSPS) is 10.6. The highest BCUT2D eigenvalue weighted by atomic mass is 16.5. The van der Waals surface area contributed by atoms with Crippen LogP contribution in [0.2, 0.25) is 0 Å². The van der Waals surface area contributed by atoms with E-state index in [-0.39, 0.29) is 5.97 Å². The van der Waals surface area contributed by atoms with E-state index in [0.29, 0.717) is 5.75 Å². The van der Waals surface area contributed by atoms with Crippen LogP contribution in [-0.2, 0) is 4.79 Å². The van der Waals surface area contributed by atoms with Crippen molar-refractivity contribution in [3.63, 3.8) is 0 Å². The van der Waals surface area contributed by atoms with Crippen molar-refractivity contribution in [2.75, 3.05) is 0 Å². The first-order valence-electron chi connectivity index (χ1n) is 5.96. The van der Waals surface area contributed by atoms with E-state index in [9.17, 15) is 4.79 Å². The molecule has 0 amide bonds. The third-order valence-corrected chi connectivity index (χ3v) is 2.78. The van der Waals surface area contributed by atoms with Gasteiger partial charge < -0.3 is 9.72 Å². The van der Waals surface area contributed by atoms with Gasteiger partial charge in [-0.25, -0.2) is 4.98 Å². The largest absolute Gasteiger partial charge is 0.427 e. The average molecular weight is 252 g/mol. The SMILES string of the molecule is CC(=O)Oc1ccc(-c2nc3ccccc3[nH]2)cc1. The lowest BCUT2D eigenvalue weighted by atomic mass is 10.2. The molecule has 0 saturated carbocycles. The number of carbonyl (C=O) groups is 1. The number of aromatic amines is 1. The molecule has 0 saturated heterocycles. The van der Waals surface area contributed by atoms with E-state index in [4.69, 9.17) is 4.74 Å². The van der Waals surface area contributed by atoms with E-state index < -0.39 is 0 Å². The van der Waals surface area contributed by atoms with Crippen molar-refractivity contribution in [3.05, 3.63) is 48.5 Å². The number of benzene rings is 2. The van der Waals surface area contributed by atoms with Crippen LogP contribution in [0.25, 0.3) is 22.4 Å². The van der Waals surface area contributed by atoms with Crippen LogP contribution in [0.5, 0.6) is 5.75 Å². The number of rotatable bonds is 2. The Bertz CT molecular complexity index is 696. The maximum atomic E-state index is 10.8. The molecule has 0 aliphatic carbocycles. The molecule has 0 aliphatic rings. The maximum Gasteiger partial charge on any atom is 0.308 e. The van der Waals surface area contributed by atoms with E-state index in [1.807, 2.05) is 36.4 Å². The molecule has 4 heteroatoms. The van der Waals surface area contributed by atoms with Crippen molar-refractivity contribution < 1.29 is 9.53 Å². The molecule has 0 atom stereocenters. The number of hydrogen-bond acceptors (Lipinski definition) is 3. The third kappa shape index (κ3) is 2.33. The monoisotopic (exact) mass is 252 g/mol. The van der Waals surface area contributed by atoms with Crippen molar-refractivity contribution in [1.82, 2.24) is 9.97 Å². The van der Waals surface area contributed by atoms with Crippen LogP contribution in [0.1, 0.15) is 6.92 Å². The summed E-state index contributed by atoms with van der Waals surface area (Å²) in [5, 5.41) is 0. The molecule has 1 aromatic heterocycles. The topological polar surface area (TPSA) is 55.0 Å². The summed E-state index contributed by atoms with van der Waals surface area (Å²) in [6.45, 7) is 1.38. The first-order valence-corrected chi connectivity index (χ1v) is 5.96. The number of ether oxygens (including phenoxy) is 1. The highest BCUT2D eigenvalue weighted by molar-refractivity contribution is 5.79. The van der Waals surface area contributed by atoms with Crippen LogP contribution in [-0.4, -0.2) is 15.9 Å².